The highest BCUT2D eigenvalue weighted by Gasteiger charge is 2.26. The van der Waals surface area contributed by atoms with Crippen LogP contribution in [0.15, 0.2) is 22.7 Å². The Hall–Kier alpha value is -0.550. The van der Waals surface area contributed by atoms with E-state index in [2.05, 4.69) is 21.2 Å². The van der Waals surface area contributed by atoms with Gasteiger partial charge in [-0.3, -0.25) is 0 Å². The predicted molar refractivity (Wildman–Crippen MR) is 56.6 cm³/mol. The zero-order valence-corrected chi connectivity index (χ0v) is 9.74. The topological polar surface area (TPSA) is 12.0 Å². The Labute approximate surface area is 94.8 Å². The van der Waals surface area contributed by atoms with Gasteiger partial charge in [0.15, 0.2) is 0 Å². The van der Waals surface area contributed by atoms with Crippen molar-refractivity contribution in [2.75, 3.05) is 6.54 Å². The fourth-order valence-electron chi connectivity index (χ4n) is 1.18. The standard InChI is InChI=1S/C10H11BrF3N/c1-7-3-2-4-8(9(7)11)5-15-6-10(12,13)14/h2-4,15H,5-6H2,1H3. The van der Waals surface area contributed by atoms with E-state index >= 15 is 0 Å². The summed E-state index contributed by atoms with van der Waals surface area (Å²) in [5, 5.41) is 2.35. The van der Waals surface area contributed by atoms with Crippen LogP contribution in [0.5, 0.6) is 0 Å². The molecule has 0 heterocycles. The lowest BCUT2D eigenvalue weighted by Crippen LogP contribution is -2.28. The van der Waals surface area contributed by atoms with Crippen molar-refractivity contribution >= 4 is 15.9 Å². The summed E-state index contributed by atoms with van der Waals surface area (Å²) < 4.78 is 36.5. The maximum Gasteiger partial charge on any atom is 0.401 e. The molecule has 0 fully saturated rings. The van der Waals surface area contributed by atoms with Gasteiger partial charge in [0.05, 0.1) is 6.54 Å². The van der Waals surface area contributed by atoms with Crippen molar-refractivity contribution in [2.45, 2.75) is 19.6 Å². The van der Waals surface area contributed by atoms with Crippen LogP contribution in [0.25, 0.3) is 0 Å². The molecule has 0 bridgehead atoms. The fraction of sp³-hybridized carbons (Fsp3) is 0.400. The van der Waals surface area contributed by atoms with Crippen molar-refractivity contribution < 1.29 is 13.2 Å². The Morgan fingerprint density at radius 2 is 2.00 bits per heavy atom. The summed E-state index contributed by atoms with van der Waals surface area (Å²) in [6.07, 6.45) is -4.16. The Balaban J connectivity index is 2.55. The molecule has 0 amide bonds. The largest absolute Gasteiger partial charge is 0.401 e. The summed E-state index contributed by atoms with van der Waals surface area (Å²) in [6.45, 7) is 1.15. The summed E-state index contributed by atoms with van der Waals surface area (Å²) in [5.74, 6) is 0. The van der Waals surface area contributed by atoms with Gasteiger partial charge >= 0.3 is 6.18 Å². The number of benzene rings is 1. The van der Waals surface area contributed by atoms with Crippen molar-refractivity contribution in [3.63, 3.8) is 0 Å². The molecule has 0 aliphatic rings. The average Bonchev–Trinajstić information content (AvgIpc) is 2.10. The number of halogens is 4. The summed E-state index contributed by atoms with van der Waals surface area (Å²) in [7, 11) is 0. The second kappa shape index (κ2) is 4.99. The normalized spacial score (nSPS) is 11.8. The van der Waals surface area contributed by atoms with Gasteiger partial charge in [-0.25, -0.2) is 0 Å². The van der Waals surface area contributed by atoms with E-state index in [1.807, 2.05) is 19.1 Å². The van der Waals surface area contributed by atoms with E-state index < -0.39 is 12.7 Å². The Morgan fingerprint density at radius 3 is 2.60 bits per heavy atom. The summed E-state index contributed by atoms with van der Waals surface area (Å²) in [4.78, 5) is 0. The SMILES string of the molecule is Cc1cccc(CNCC(F)(F)F)c1Br. The van der Waals surface area contributed by atoms with Gasteiger partial charge in [0.2, 0.25) is 0 Å². The molecule has 0 spiro atoms. The first-order valence-corrected chi connectivity index (χ1v) is 5.21. The zero-order chi connectivity index (χ0) is 11.5. The number of nitrogens with one attached hydrogen (secondary N) is 1. The lowest BCUT2D eigenvalue weighted by molar-refractivity contribution is -0.125. The molecule has 0 aliphatic heterocycles. The van der Waals surface area contributed by atoms with Crippen molar-refractivity contribution in [2.24, 2.45) is 0 Å². The van der Waals surface area contributed by atoms with Gasteiger partial charge in [-0.05, 0) is 18.1 Å². The van der Waals surface area contributed by atoms with E-state index in [1.54, 1.807) is 6.07 Å². The van der Waals surface area contributed by atoms with E-state index in [0.717, 1.165) is 15.6 Å². The number of rotatable bonds is 3. The zero-order valence-electron chi connectivity index (χ0n) is 8.16. The first kappa shape index (κ1) is 12.5. The molecule has 84 valence electrons. The molecule has 0 aromatic heterocycles. The molecule has 0 unspecified atom stereocenters. The van der Waals surface area contributed by atoms with E-state index in [9.17, 15) is 13.2 Å². The molecule has 1 aromatic rings. The van der Waals surface area contributed by atoms with Gasteiger partial charge in [0, 0.05) is 11.0 Å². The second-order valence-electron chi connectivity index (χ2n) is 3.27. The minimum Gasteiger partial charge on any atom is -0.305 e. The van der Waals surface area contributed by atoms with Gasteiger partial charge < -0.3 is 5.32 Å². The van der Waals surface area contributed by atoms with Gasteiger partial charge in [-0.15, -0.1) is 0 Å². The third kappa shape index (κ3) is 4.22. The summed E-state index contributed by atoms with van der Waals surface area (Å²) in [5.41, 5.74) is 1.85. The summed E-state index contributed by atoms with van der Waals surface area (Å²) >= 11 is 3.34. The van der Waals surface area contributed by atoms with Gasteiger partial charge in [-0.1, -0.05) is 34.1 Å². The third-order valence-electron chi connectivity index (χ3n) is 1.91. The molecule has 0 atom stereocenters. The van der Waals surface area contributed by atoms with Crippen LogP contribution < -0.4 is 5.32 Å². The van der Waals surface area contributed by atoms with Crippen molar-refractivity contribution in [1.29, 1.82) is 0 Å². The Kier molecular flexibility index (Phi) is 4.16. The highest BCUT2D eigenvalue weighted by atomic mass is 79.9. The lowest BCUT2D eigenvalue weighted by atomic mass is 10.1. The maximum atomic E-state index is 11.9. The fourth-order valence-corrected chi connectivity index (χ4v) is 1.59. The molecule has 0 aliphatic carbocycles. The van der Waals surface area contributed by atoms with Crippen molar-refractivity contribution in [3.05, 3.63) is 33.8 Å². The van der Waals surface area contributed by atoms with Crippen LogP contribution in [0.3, 0.4) is 0 Å². The number of aryl methyl sites for hydroxylation is 1. The monoisotopic (exact) mass is 281 g/mol. The molecule has 1 nitrogen and oxygen atoms in total. The number of hydrogen-bond acceptors (Lipinski definition) is 1. The van der Waals surface area contributed by atoms with Gasteiger partial charge in [0.25, 0.3) is 0 Å². The predicted octanol–water partition coefficient (Wildman–Crippen LogP) is 3.41. The molecular weight excluding hydrogens is 271 g/mol. The van der Waals surface area contributed by atoms with Crippen LogP contribution in [0.4, 0.5) is 13.2 Å². The first-order valence-electron chi connectivity index (χ1n) is 4.41. The van der Waals surface area contributed by atoms with Crippen molar-refractivity contribution in [1.82, 2.24) is 5.32 Å². The van der Waals surface area contributed by atoms with E-state index in [4.69, 9.17) is 0 Å². The van der Waals surface area contributed by atoms with Crippen LogP contribution in [-0.4, -0.2) is 12.7 Å². The molecule has 1 N–H and O–H groups in total. The molecule has 1 rings (SSSR count). The van der Waals surface area contributed by atoms with Crippen LogP contribution in [-0.2, 0) is 6.54 Å². The van der Waals surface area contributed by atoms with Crippen LogP contribution in [0.2, 0.25) is 0 Å². The van der Waals surface area contributed by atoms with Gasteiger partial charge in [-0.2, -0.15) is 13.2 Å². The number of alkyl halides is 3. The minimum absolute atomic E-state index is 0.210. The smallest absolute Gasteiger partial charge is 0.305 e. The molecular formula is C10H11BrF3N. The first-order chi connectivity index (χ1) is 6.90. The summed E-state index contributed by atoms with van der Waals surface area (Å²) in [6, 6.07) is 5.52. The highest BCUT2D eigenvalue weighted by Crippen LogP contribution is 2.21. The lowest BCUT2D eigenvalue weighted by Gasteiger charge is -2.10. The molecule has 0 saturated heterocycles. The van der Waals surface area contributed by atoms with Crippen LogP contribution >= 0.6 is 15.9 Å². The van der Waals surface area contributed by atoms with E-state index in [-0.39, 0.29) is 6.54 Å². The molecule has 5 heteroatoms. The van der Waals surface area contributed by atoms with Crippen LogP contribution in [0.1, 0.15) is 11.1 Å². The Bertz CT molecular complexity index is 336. The highest BCUT2D eigenvalue weighted by molar-refractivity contribution is 9.10. The molecule has 1 aromatic carbocycles. The van der Waals surface area contributed by atoms with Crippen molar-refractivity contribution in [3.8, 4) is 0 Å². The van der Waals surface area contributed by atoms with Crippen LogP contribution in [0, 0.1) is 6.92 Å². The van der Waals surface area contributed by atoms with E-state index in [1.165, 1.54) is 0 Å². The van der Waals surface area contributed by atoms with Gasteiger partial charge in [0.1, 0.15) is 0 Å². The average molecular weight is 282 g/mol. The van der Waals surface area contributed by atoms with E-state index in [0.29, 0.717) is 0 Å². The Morgan fingerprint density at radius 1 is 1.33 bits per heavy atom. The molecule has 15 heavy (non-hydrogen) atoms. The number of hydrogen-bond donors (Lipinski definition) is 1. The quantitative estimate of drug-likeness (QED) is 0.895. The minimum atomic E-state index is -4.16. The second-order valence-corrected chi connectivity index (χ2v) is 4.06. The molecule has 0 radical (unpaired) electrons. The maximum absolute atomic E-state index is 11.9. The third-order valence-corrected chi connectivity index (χ3v) is 3.05. The molecule has 0 saturated carbocycles.